The summed E-state index contributed by atoms with van der Waals surface area (Å²) in [5.74, 6) is 0.104. The number of aryl methyl sites for hydroxylation is 3. The van der Waals surface area contributed by atoms with Crippen molar-refractivity contribution in [3.8, 4) is 0 Å². The smallest absolute Gasteiger partial charge is 0.242 e. The van der Waals surface area contributed by atoms with Gasteiger partial charge < -0.3 is 5.32 Å². The van der Waals surface area contributed by atoms with Gasteiger partial charge in [0.2, 0.25) is 11.8 Å². The highest BCUT2D eigenvalue weighted by atomic mass is 32.2. The quantitative estimate of drug-likeness (QED) is 0.692. The molecule has 1 aliphatic rings. The number of benzene rings is 2. The van der Waals surface area contributed by atoms with Crippen LogP contribution in [0.2, 0.25) is 0 Å². The summed E-state index contributed by atoms with van der Waals surface area (Å²) in [5.41, 5.74) is 4.81. The molecule has 0 aromatic heterocycles. The molecule has 6 heteroatoms. The second-order valence-corrected chi connectivity index (χ2v) is 9.42. The Morgan fingerprint density at radius 3 is 2.57 bits per heavy atom. The average Bonchev–Trinajstić information content (AvgIpc) is 2.93. The van der Waals surface area contributed by atoms with Crippen LogP contribution in [0, 0.1) is 26.7 Å². The number of carbonyl (C=O) groups is 2. The molecule has 2 aromatic rings. The molecular weight excluding hydrogens is 394 g/mol. The van der Waals surface area contributed by atoms with Crippen molar-refractivity contribution < 1.29 is 9.59 Å². The summed E-state index contributed by atoms with van der Waals surface area (Å²) in [6, 6.07) is 13.8. The average molecular weight is 424 g/mol. The molecule has 1 aliphatic heterocycles. The van der Waals surface area contributed by atoms with E-state index in [1.165, 1.54) is 11.8 Å². The molecule has 158 valence electrons. The van der Waals surface area contributed by atoms with E-state index in [1.54, 1.807) is 4.90 Å². The molecule has 1 unspecified atom stereocenters. The minimum atomic E-state index is -0.461. The van der Waals surface area contributed by atoms with Crippen LogP contribution in [0.25, 0.3) is 0 Å². The van der Waals surface area contributed by atoms with Crippen LogP contribution in [0.4, 0.5) is 11.4 Å². The van der Waals surface area contributed by atoms with Crippen LogP contribution < -0.4 is 5.32 Å². The fourth-order valence-corrected chi connectivity index (χ4v) is 4.47. The molecule has 1 heterocycles. The Kier molecular flexibility index (Phi) is 6.98. The molecule has 0 spiro atoms. The Balaban J connectivity index is 1.77. The summed E-state index contributed by atoms with van der Waals surface area (Å²) >= 11 is 1.38. The normalized spacial score (nSPS) is 17.8. The molecule has 3 rings (SSSR count). The maximum absolute atomic E-state index is 13.1. The van der Waals surface area contributed by atoms with Crippen molar-refractivity contribution in [2.45, 2.75) is 46.3 Å². The SMILES string of the molecule is Cc1cccc(N=C2SC(CC(=O)Nc3cc(C)ccc3C)C(=O)N2CC(C)C)c1. The minimum absolute atomic E-state index is 0.0452. The number of nitrogens with zero attached hydrogens (tertiary/aromatic N) is 2. The van der Waals surface area contributed by atoms with Gasteiger partial charge in [0.1, 0.15) is 5.25 Å². The first kappa shape index (κ1) is 22.1. The first-order chi connectivity index (χ1) is 14.2. The van der Waals surface area contributed by atoms with Gasteiger partial charge in [0.15, 0.2) is 5.17 Å². The van der Waals surface area contributed by atoms with Gasteiger partial charge in [0.05, 0.1) is 5.69 Å². The molecule has 1 fully saturated rings. The Labute approximate surface area is 183 Å². The van der Waals surface area contributed by atoms with Crippen molar-refractivity contribution in [1.29, 1.82) is 0 Å². The van der Waals surface area contributed by atoms with Crippen LogP contribution in [0.5, 0.6) is 0 Å². The number of nitrogens with one attached hydrogen (secondary N) is 1. The standard InChI is InChI=1S/C24H29N3O2S/c1-15(2)14-27-23(29)21(30-24(27)25-19-8-6-7-16(3)11-19)13-22(28)26-20-12-17(4)9-10-18(20)5/h6-12,15,21H,13-14H2,1-5H3,(H,26,28). The Bertz CT molecular complexity index is 984. The summed E-state index contributed by atoms with van der Waals surface area (Å²) in [4.78, 5) is 32.2. The van der Waals surface area contributed by atoms with E-state index in [4.69, 9.17) is 4.99 Å². The van der Waals surface area contributed by atoms with Crippen molar-refractivity contribution >= 4 is 40.1 Å². The van der Waals surface area contributed by atoms with E-state index in [-0.39, 0.29) is 18.2 Å². The predicted molar refractivity (Wildman–Crippen MR) is 125 cm³/mol. The van der Waals surface area contributed by atoms with Crippen LogP contribution in [0.3, 0.4) is 0 Å². The number of hydrogen-bond donors (Lipinski definition) is 1. The van der Waals surface area contributed by atoms with Gasteiger partial charge in [-0.05, 0) is 61.6 Å². The van der Waals surface area contributed by atoms with Crippen LogP contribution in [-0.4, -0.2) is 33.7 Å². The molecule has 2 aromatic carbocycles. The van der Waals surface area contributed by atoms with Gasteiger partial charge in [-0.15, -0.1) is 0 Å². The number of carbonyl (C=O) groups excluding carboxylic acids is 2. The second-order valence-electron chi connectivity index (χ2n) is 8.25. The van der Waals surface area contributed by atoms with E-state index in [0.29, 0.717) is 17.6 Å². The van der Waals surface area contributed by atoms with E-state index in [0.717, 1.165) is 28.1 Å². The molecule has 2 amide bonds. The summed E-state index contributed by atoms with van der Waals surface area (Å²) in [6.07, 6.45) is 0.123. The summed E-state index contributed by atoms with van der Waals surface area (Å²) in [5, 5.41) is 3.17. The van der Waals surface area contributed by atoms with Gasteiger partial charge in [-0.1, -0.05) is 49.9 Å². The third-order valence-electron chi connectivity index (χ3n) is 4.83. The number of hydrogen-bond acceptors (Lipinski definition) is 4. The van der Waals surface area contributed by atoms with E-state index < -0.39 is 5.25 Å². The van der Waals surface area contributed by atoms with Gasteiger partial charge in [-0.25, -0.2) is 4.99 Å². The summed E-state index contributed by atoms with van der Waals surface area (Å²) in [7, 11) is 0. The number of rotatable bonds is 6. The van der Waals surface area contributed by atoms with Crippen LogP contribution in [0.15, 0.2) is 47.5 Å². The number of amidine groups is 1. The second kappa shape index (κ2) is 9.47. The van der Waals surface area contributed by atoms with E-state index >= 15 is 0 Å². The zero-order valence-electron chi connectivity index (χ0n) is 18.2. The molecule has 1 N–H and O–H groups in total. The fourth-order valence-electron chi connectivity index (χ4n) is 3.31. The largest absolute Gasteiger partial charge is 0.326 e. The summed E-state index contributed by atoms with van der Waals surface area (Å²) in [6.45, 7) is 10.7. The zero-order chi connectivity index (χ0) is 21.8. The Morgan fingerprint density at radius 1 is 1.13 bits per heavy atom. The maximum Gasteiger partial charge on any atom is 0.242 e. The van der Waals surface area contributed by atoms with E-state index in [1.807, 2.05) is 63.2 Å². The van der Waals surface area contributed by atoms with Gasteiger partial charge in [0, 0.05) is 18.7 Å². The lowest BCUT2D eigenvalue weighted by Crippen LogP contribution is -2.36. The van der Waals surface area contributed by atoms with Gasteiger partial charge in [0.25, 0.3) is 0 Å². The number of anilines is 1. The third kappa shape index (κ3) is 5.51. The van der Waals surface area contributed by atoms with E-state index in [2.05, 4.69) is 19.2 Å². The first-order valence-electron chi connectivity index (χ1n) is 10.2. The van der Waals surface area contributed by atoms with Crippen LogP contribution in [-0.2, 0) is 9.59 Å². The highest BCUT2D eigenvalue weighted by molar-refractivity contribution is 8.15. The summed E-state index contributed by atoms with van der Waals surface area (Å²) < 4.78 is 0. The van der Waals surface area contributed by atoms with Gasteiger partial charge in [-0.3, -0.25) is 14.5 Å². The fraction of sp³-hybridized carbons (Fsp3) is 0.375. The Hall–Kier alpha value is -2.60. The molecule has 5 nitrogen and oxygen atoms in total. The zero-order valence-corrected chi connectivity index (χ0v) is 19.0. The first-order valence-corrected chi connectivity index (χ1v) is 11.1. The molecule has 0 aliphatic carbocycles. The number of thioether (sulfide) groups is 1. The topological polar surface area (TPSA) is 61.8 Å². The van der Waals surface area contributed by atoms with Crippen molar-refractivity contribution in [2.75, 3.05) is 11.9 Å². The van der Waals surface area contributed by atoms with Crippen molar-refractivity contribution in [3.05, 3.63) is 59.2 Å². The maximum atomic E-state index is 13.1. The Morgan fingerprint density at radius 2 is 1.87 bits per heavy atom. The lowest BCUT2D eigenvalue weighted by molar-refractivity contribution is -0.128. The van der Waals surface area contributed by atoms with Crippen LogP contribution >= 0.6 is 11.8 Å². The van der Waals surface area contributed by atoms with Gasteiger partial charge >= 0.3 is 0 Å². The lowest BCUT2D eigenvalue weighted by atomic mass is 10.1. The van der Waals surface area contributed by atoms with E-state index in [9.17, 15) is 9.59 Å². The molecule has 0 radical (unpaired) electrons. The highest BCUT2D eigenvalue weighted by Gasteiger charge is 2.39. The number of aliphatic imine (C=N–C) groups is 1. The lowest BCUT2D eigenvalue weighted by Gasteiger charge is -2.18. The number of amides is 2. The molecule has 1 atom stereocenters. The molecule has 0 saturated carbocycles. The van der Waals surface area contributed by atoms with Crippen molar-refractivity contribution in [1.82, 2.24) is 4.90 Å². The molecule has 1 saturated heterocycles. The van der Waals surface area contributed by atoms with Crippen molar-refractivity contribution in [3.63, 3.8) is 0 Å². The van der Waals surface area contributed by atoms with Gasteiger partial charge in [-0.2, -0.15) is 0 Å². The monoisotopic (exact) mass is 423 g/mol. The van der Waals surface area contributed by atoms with Crippen LogP contribution in [0.1, 0.15) is 37.0 Å². The minimum Gasteiger partial charge on any atom is -0.326 e. The highest BCUT2D eigenvalue weighted by Crippen LogP contribution is 2.32. The predicted octanol–water partition coefficient (Wildman–Crippen LogP) is 5.23. The molecule has 30 heavy (non-hydrogen) atoms. The molecule has 0 bridgehead atoms. The third-order valence-corrected chi connectivity index (χ3v) is 6.01. The molecular formula is C24H29N3O2S. The van der Waals surface area contributed by atoms with Crippen molar-refractivity contribution in [2.24, 2.45) is 10.9 Å².